The minimum absolute atomic E-state index is 0.155. The number of nitrogens with one attached hydrogen (secondary N) is 2. The molecule has 1 amide bonds. The van der Waals surface area contributed by atoms with Crippen molar-refractivity contribution in [2.24, 2.45) is 0 Å². The van der Waals surface area contributed by atoms with Crippen molar-refractivity contribution in [2.75, 3.05) is 11.9 Å². The number of nitro groups is 1. The van der Waals surface area contributed by atoms with Crippen LogP contribution in [-0.4, -0.2) is 22.4 Å². The highest BCUT2D eigenvalue weighted by molar-refractivity contribution is 5.95. The van der Waals surface area contributed by atoms with Crippen LogP contribution in [0.5, 0.6) is 0 Å². The fourth-order valence-electron chi connectivity index (χ4n) is 3.28. The van der Waals surface area contributed by atoms with Crippen LogP contribution in [-0.2, 0) is 5.41 Å². The first-order valence-corrected chi connectivity index (χ1v) is 10.1. The quantitative estimate of drug-likeness (QED) is 0.402. The number of rotatable bonds is 8. The highest BCUT2D eigenvalue weighted by Crippen LogP contribution is 2.29. The standard InChI is InChI=1S/C24H26N4O3/c1-17(20-11-7-8-14-25-20)27-21-13-12-18(15-22(21)28(30)31)23(29)26-16-24(2,3)19-9-5-4-6-10-19/h4-15,17,27H,16H2,1-3H3,(H,26,29). The fraction of sp³-hybridized carbons (Fsp3) is 0.250. The summed E-state index contributed by atoms with van der Waals surface area (Å²) in [4.78, 5) is 28.1. The number of nitrogens with zero attached hydrogens (tertiary/aromatic N) is 2. The van der Waals surface area contributed by atoms with Gasteiger partial charge in [0.15, 0.2) is 0 Å². The van der Waals surface area contributed by atoms with Crippen LogP contribution in [0.25, 0.3) is 0 Å². The van der Waals surface area contributed by atoms with Crippen molar-refractivity contribution in [3.05, 3.63) is 99.9 Å². The Balaban J connectivity index is 1.74. The van der Waals surface area contributed by atoms with Crippen LogP contribution in [0.4, 0.5) is 11.4 Å². The number of pyridine rings is 1. The van der Waals surface area contributed by atoms with Gasteiger partial charge in [-0.1, -0.05) is 50.2 Å². The van der Waals surface area contributed by atoms with Crippen molar-refractivity contribution >= 4 is 17.3 Å². The molecule has 0 spiro atoms. The molecule has 31 heavy (non-hydrogen) atoms. The Kier molecular flexibility index (Phi) is 6.65. The van der Waals surface area contributed by atoms with Gasteiger partial charge >= 0.3 is 0 Å². The van der Waals surface area contributed by atoms with E-state index >= 15 is 0 Å². The van der Waals surface area contributed by atoms with Crippen LogP contribution >= 0.6 is 0 Å². The van der Waals surface area contributed by atoms with Crippen LogP contribution in [0.3, 0.4) is 0 Å². The Bertz CT molecular complexity index is 1050. The zero-order chi connectivity index (χ0) is 22.4. The summed E-state index contributed by atoms with van der Waals surface area (Å²) in [5.74, 6) is -0.351. The zero-order valence-electron chi connectivity index (χ0n) is 17.8. The van der Waals surface area contributed by atoms with Crippen molar-refractivity contribution in [3.8, 4) is 0 Å². The molecule has 0 aliphatic heterocycles. The number of anilines is 1. The second-order valence-corrected chi connectivity index (χ2v) is 8.04. The number of aromatic nitrogens is 1. The van der Waals surface area contributed by atoms with E-state index in [1.807, 2.05) is 69.3 Å². The second kappa shape index (κ2) is 9.38. The van der Waals surface area contributed by atoms with Crippen LogP contribution in [0, 0.1) is 10.1 Å². The minimum Gasteiger partial charge on any atom is -0.371 e. The lowest BCUT2D eigenvalue weighted by Crippen LogP contribution is -2.36. The highest BCUT2D eigenvalue weighted by atomic mass is 16.6. The Morgan fingerprint density at radius 2 is 1.81 bits per heavy atom. The molecule has 1 unspecified atom stereocenters. The maximum Gasteiger partial charge on any atom is 0.293 e. The highest BCUT2D eigenvalue weighted by Gasteiger charge is 2.23. The summed E-state index contributed by atoms with van der Waals surface area (Å²) in [5.41, 5.74) is 2.02. The summed E-state index contributed by atoms with van der Waals surface area (Å²) in [5, 5.41) is 17.6. The van der Waals surface area contributed by atoms with Gasteiger partial charge in [-0.05, 0) is 36.8 Å². The molecule has 1 atom stereocenters. The van der Waals surface area contributed by atoms with Gasteiger partial charge in [0.1, 0.15) is 5.69 Å². The minimum atomic E-state index is -0.488. The average molecular weight is 418 g/mol. The van der Waals surface area contributed by atoms with Gasteiger partial charge < -0.3 is 10.6 Å². The van der Waals surface area contributed by atoms with Gasteiger partial charge in [-0.2, -0.15) is 0 Å². The third-order valence-corrected chi connectivity index (χ3v) is 5.21. The van der Waals surface area contributed by atoms with Crippen LogP contribution in [0.15, 0.2) is 72.9 Å². The van der Waals surface area contributed by atoms with Gasteiger partial charge in [0.25, 0.3) is 11.6 Å². The fourth-order valence-corrected chi connectivity index (χ4v) is 3.28. The number of amides is 1. The zero-order valence-corrected chi connectivity index (χ0v) is 17.8. The van der Waals surface area contributed by atoms with E-state index < -0.39 is 4.92 Å². The summed E-state index contributed by atoms with van der Waals surface area (Å²) in [6.45, 7) is 6.35. The van der Waals surface area contributed by atoms with E-state index in [1.54, 1.807) is 18.3 Å². The van der Waals surface area contributed by atoms with Crippen molar-refractivity contribution in [2.45, 2.75) is 32.2 Å². The summed E-state index contributed by atoms with van der Waals surface area (Å²) >= 11 is 0. The molecular formula is C24H26N4O3. The molecule has 0 fully saturated rings. The predicted molar refractivity (Wildman–Crippen MR) is 121 cm³/mol. The van der Waals surface area contributed by atoms with Crippen molar-refractivity contribution < 1.29 is 9.72 Å². The topological polar surface area (TPSA) is 97.2 Å². The molecule has 0 bridgehead atoms. The summed E-state index contributed by atoms with van der Waals surface area (Å²) < 4.78 is 0. The van der Waals surface area contributed by atoms with E-state index in [4.69, 9.17) is 0 Å². The summed E-state index contributed by atoms with van der Waals surface area (Å²) in [7, 11) is 0. The molecule has 0 saturated heterocycles. The maximum atomic E-state index is 12.7. The molecular weight excluding hydrogens is 392 g/mol. The molecule has 2 aromatic carbocycles. The van der Waals surface area contributed by atoms with Gasteiger partial charge in [-0.25, -0.2) is 0 Å². The van der Waals surface area contributed by atoms with Crippen LogP contribution in [0.2, 0.25) is 0 Å². The lowest BCUT2D eigenvalue weighted by atomic mass is 9.84. The van der Waals surface area contributed by atoms with E-state index in [0.29, 0.717) is 12.2 Å². The predicted octanol–water partition coefficient (Wildman–Crippen LogP) is 4.87. The van der Waals surface area contributed by atoms with Crippen molar-refractivity contribution in [3.63, 3.8) is 0 Å². The van der Waals surface area contributed by atoms with E-state index in [2.05, 4.69) is 15.6 Å². The molecule has 7 heteroatoms. The Labute approximate surface area is 181 Å². The molecule has 3 rings (SSSR count). The molecule has 3 aromatic rings. The average Bonchev–Trinajstić information content (AvgIpc) is 2.78. The summed E-state index contributed by atoms with van der Waals surface area (Å²) in [6, 6.07) is 19.6. The SMILES string of the molecule is CC(Nc1ccc(C(=O)NCC(C)(C)c2ccccc2)cc1[N+](=O)[O-])c1ccccn1. The number of hydrogen-bond acceptors (Lipinski definition) is 5. The molecule has 0 aliphatic carbocycles. The van der Waals surface area contributed by atoms with Gasteiger partial charge in [-0.3, -0.25) is 19.9 Å². The number of nitro benzene ring substituents is 1. The number of benzene rings is 2. The van der Waals surface area contributed by atoms with Gasteiger partial charge in [0.05, 0.1) is 16.7 Å². The molecule has 2 N–H and O–H groups in total. The van der Waals surface area contributed by atoms with E-state index in [9.17, 15) is 14.9 Å². The molecule has 1 heterocycles. The van der Waals surface area contributed by atoms with Gasteiger partial charge in [0, 0.05) is 29.8 Å². The Morgan fingerprint density at radius 1 is 1.10 bits per heavy atom. The first-order chi connectivity index (χ1) is 14.8. The Morgan fingerprint density at radius 3 is 2.45 bits per heavy atom. The van der Waals surface area contributed by atoms with Crippen LogP contribution < -0.4 is 10.6 Å². The van der Waals surface area contributed by atoms with E-state index in [-0.39, 0.29) is 28.6 Å². The van der Waals surface area contributed by atoms with Crippen LogP contribution in [0.1, 0.15) is 48.4 Å². The van der Waals surface area contributed by atoms with E-state index in [0.717, 1.165) is 11.3 Å². The molecule has 160 valence electrons. The normalized spacial score (nSPS) is 12.1. The second-order valence-electron chi connectivity index (χ2n) is 8.04. The Hall–Kier alpha value is -3.74. The van der Waals surface area contributed by atoms with Crippen molar-refractivity contribution in [1.82, 2.24) is 10.3 Å². The number of carbonyl (C=O) groups is 1. The molecule has 0 radical (unpaired) electrons. The summed E-state index contributed by atoms with van der Waals surface area (Å²) in [6.07, 6.45) is 1.67. The number of carbonyl (C=O) groups excluding carboxylic acids is 1. The van der Waals surface area contributed by atoms with E-state index in [1.165, 1.54) is 6.07 Å². The lowest BCUT2D eigenvalue weighted by molar-refractivity contribution is -0.384. The largest absolute Gasteiger partial charge is 0.371 e. The monoisotopic (exact) mass is 418 g/mol. The first kappa shape index (κ1) is 22.0. The molecule has 0 aliphatic rings. The van der Waals surface area contributed by atoms with Gasteiger partial charge in [0.2, 0.25) is 0 Å². The first-order valence-electron chi connectivity index (χ1n) is 10.1. The third kappa shape index (κ3) is 5.45. The third-order valence-electron chi connectivity index (χ3n) is 5.21. The van der Waals surface area contributed by atoms with Crippen molar-refractivity contribution in [1.29, 1.82) is 0 Å². The molecule has 1 aromatic heterocycles. The smallest absolute Gasteiger partial charge is 0.293 e. The van der Waals surface area contributed by atoms with Gasteiger partial charge in [-0.15, -0.1) is 0 Å². The maximum absolute atomic E-state index is 12.7. The molecule has 0 saturated carbocycles. The molecule has 7 nitrogen and oxygen atoms in total. The number of hydrogen-bond donors (Lipinski definition) is 2. The lowest BCUT2D eigenvalue weighted by Gasteiger charge is -2.25.